The molecule has 2 rings (SSSR count). The van der Waals surface area contributed by atoms with Gasteiger partial charge >= 0.3 is 0 Å². The fraction of sp³-hybridized carbons (Fsp3) is 0.429. The van der Waals surface area contributed by atoms with Gasteiger partial charge in [-0.25, -0.2) is 0 Å². The van der Waals surface area contributed by atoms with Crippen LogP contribution in [0.4, 0.5) is 0 Å². The molecule has 1 aromatic carbocycles. The van der Waals surface area contributed by atoms with Crippen LogP contribution in [0.5, 0.6) is 0 Å². The molecular formula is C14H17Cl2NO. The molecule has 0 amide bonds. The summed E-state index contributed by atoms with van der Waals surface area (Å²) in [7, 11) is 0. The SMILES string of the molecule is CCNC(c1cc2c(Cl)ccc(Cl)c2o1)C(C)C. The van der Waals surface area contributed by atoms with Crippen molar-refractivity contribution < 1.29 is 4.42 Å². The van der Waals surface area contributed by atoms with Gasteiger partial charge in [-0.1, -0.05) is 44.0 Å². The molecule has 0 saturated carbocycles. The van der Waals surface area contributed by atoms with Crippen molar-refractivity contribution >= 4 is 34.2 Å². The molecule has 0 saturated heterocycles. The second-order valence-corrected chi connectivity index (χ2v) is 5.51. The van der Waals surface area contributed by atoms with E-state index < -0.39 is 0 Å². The minimum absolute atomic E-state index is 0.175. The summed E-state index contributed by atoms with van der Waals surface area (Å²) in [4.78, 5) is 0. The number of hydrogen-bond acceptors (Lipinski definition) is 2. The number of nitrogens with one attached hydrogen (secondary N) is 1. The summed E-state index contributed by atoms with van der Waals surface area (Å²) in [6.07, 6.45) is 0. The Kier molecular flexibility index (Phi) is 4.21. The first-order valence-corrected chi connectivity index (χ1v) is 6.91. The summed E-state index contributed by atoms with van der Waals surface area (Å²) in [6.45, 7) is 7.28. The van der Waals surface area contributed by atoms with Gasteiger partial charge in [-0.3, -0.25) is 0 Å². The van der Waals surface area contributed by atoms with Crippen LogP contribution in [-0.2, 0) is 0 Å². The number of rotatable bonds is 4. The van der Waals surface area contributed by atoms with Crippen molar-refractivity contribution in [2.45, 2.75) is 26.8 Å². The van der Waals surface area contributed by atoms with Gasteiger partial charge in [-0.05, 0) is 30.7 Å². The van der Waals surface area contributed by atoms with E-state index in [1.807, 2.05) is 6.07 Å². The lowest BCUT2D eigenvalue weighted by molar-refractivity contribution is 0.357. The van der Waals surface area contributed by atoms with E-state index in [2.05, 4.69) is 26.1 Å². The van der Waals surface area contributed by atoms with E-state index in [9.17, 15) is 0 Å². The van der Waals surface area contributed by atoms with Crippen LogP contribution in [0.2, 0.25) is 10.0 Å². The zero-order valence-corrected chi connectivity index (χ0v) is 12.3. The van der Waals surface area contributed by atoms with Crippen LogP contribution >= 0.6 is 23.2 Å². The second-order valence-electron chi connectivity index (χ2n) is 4.70. The highest BCUT2D eigenvalue weighted by atomic mass is 35.5. The molecule has 98 valence electrons. The first kappa shape index (κ1) is 13.7. The van der Waals surface area contributed by atoms with Gasteiger partial charge < -0.3 is 9.73 Å². The number of halogens is 2. The molecule has 1 N–H and O–H groups in total. The van der Waals surface area contributed by atoms with Gasteiger partial charge in [0.1, 0.15) is 5.76 Å². The van der Waals surface area contributed by atoms with E-state index in [-0.39, 0.29) is 6.04 Å². The second kappa shape index (κ2) is 5.52. The topological polar surface area (TPSA) is 25.2 Å². The molecule has 0 radical (unpaired) electrons. The molecule has 1 atom stereocenters. The summed E-state index contributed by atoms with van der Waals surface area (Å²) >= 11 is 12.3. The van der Waals surface area contributed by atoms with E-state index in [4.69, 9.17) is 27.6 Å². The Morgan fingerprint density at radius 3 is 2.44 bits per heavy atom. The predicted molar refractivity (Wildman–Crippen MR) is 77.5 cm³/mol. The standard InChI is InChI=1S/C14H17Cl2NO/c1-4-17-13(8(2)3)12-7-9-10(15)5-6-11(16)14(9)18-12/h5-8,13,17H,4H2,1-3H3. The average Bonchev–Trinajstić information content (AvgIpc) is 2.76. The van der Waals surface area contributed by atoms with Crippen LogP contribution in [0.15, 0.2) is 22.6 Å². The summed E-state index contributed by atoms with van der Waals surface area (Å²) in [5.41, 5.74) is 0.669. The molecule has 0 bridgehead atoms. The maximum atomic E-state index is 6.16. The smallest absolute Gasteiger partial charge is 0.154 e. The Bertz CT molecular complexity index is 509. The monoisotopic (exact) mass is 285 g/mol. The van der Waals surface area contributed by atoms with Crippen molar-refractivity contribution in [2.75, 3.05) is 6.54 Å². The Hall–Kier alpha value is -0.700. The Balaban J connectivity index is 2.52. The highest BCUT2D eigenvalue weighted by Gasteiger charge is 2.20. The van der Waals surface area contributed by atoms with Crippen molar-refractivity contribution in [3.8, 4) is 0 Å². The molecule has 2 aromatic rings. The van der Waals surface area contributed by atoms with Gasteiger partial charge in [-0.15, -0.1) is 0 Å². The molecule has 0 fully saturated rings. The highest BCUT2D eigenvalue weighted by molar-refractivity contribution is 6.39. The predicted octanol–water partition coefficient (Wildman–Crippen LogP) is 5.05. The number of benzene rings is 1. The van der Waals surface area contributed by atoms with Crippen molar-refractivity contribution in [3.63, 3.8) is 0 Å². The maximum absolute atomic E-state index is 6.16. The molecule has 1 aromatic heterocycles. The fourth-order valence-electron chi connectivity index (χ4n) is 2.11. The fourth-order valence-corrected chi connectivity index (χ4v) is 2.52. The molecule has 2 nitrogen and oxygen atoms in total. The molecule has 1 heterocycles. The third kappa shape index (κ3) is 2.51. The Labute approximate surface area is 117 Å². The van der Waals surface area contributed by atoms with Crippen molar-refractivity contribution in [1.82, 2.24) is 5.32 Å². The van der Waals surface area contributed by atoms with Gasteiger partial charge in [0.05, 0.1) is 16.1 Å². The van der Waals surface area contributed by atoms with Gasteiger partial charge in [0.2, 0.25) is 0 Å². The number of fused-ring (bicyclic) bond motifs is 1. The van der Waals surface area contributed by atoms with E-state index in [0.29, 0.717) is 21.5 Å². The van der Waals surface area contributed by atoms with Crippen LogP contribution in [0, 0.1) is 5.92 Å². The van der Waals surface area contributed by atoms with Crippen molar-refractivity contribution in [1.29, 1.82) is 0 Å². The van der Waals surface area contributed by atoms with Crippen LogP contribution in [0.3, 0.4) is 0 Å². The highest BCUT2D eigenvalue weighted by Crippen LogP contribution is 2.35. The minimum atomic E-state index is 0.175. The molecule has 4 heteroatoms. The Morgan fingerprint density at radius 2 is 1.89 bits per heavy atom. The van der Waals surface area contributed by atoms with Gasteiger partial charge in [0.15, 0.2) is 5.58 Å². The van der Waals surface area contributed by atoms with E-state index in [1.54, 1.807) is 12.1 Å². The van der Waals surface area contributed by atoms with Crippen LogP contribution in [-0.4, -0.2) is 6.54 Å². The number of furan rings is 1. The summed E-state index contributed by atoms with van der Waals surface area (Å²) in [5, 5.41) is 5.56. The molecule has 0 aliphatic carbocycles. The van der Waals surface area contributed by atoms with Crippen molar-refractivity contribution in [3.05, 3.63) is 34.0 Å². The molecular weight excluding hydrogens is 269 g/mol. The molecule has 0 spiro atoms. The van der Waals surface area contributed by atoms with Crippen LogP contribution < -0.4 is 5.32 Å². The lowest BCUT2D eigenvalue weighted by Gasteiger charge is -2.19. The normalized spacial score (nSPS) is 13.4. The maximum Gasteiger partial charge on any atom is 0.154 e. The lowest BCUT2D eigenvalue weighted by Crippen LogP contribution is -2.24. The van der Waals surface area contributed by atoms with Gasteiger partial charge in [-0.2, -0.15) is 0 Å². The summed E-state index contributed by atoms with van der Waals surface area (Å²) in [6, 6.07) is 5.71. The average molecular weight is 286 g/mol. The zero-order valence-electron chi connectivity index (χ0n) is 10.8. The van der Waals surface area contributed by atoms with E-state index in [1.165, 1.54) is 0 Å². The van der Waals surface area contributed by atoms with Crippen LogP contribution in [0.25, 0.3) is 11.0 Å². The van der Waals surface area contributed by atoms with Gasteiger partial charge in [0.25, 0.3) is 0 Å². The first-order valence-electron chi connectivity index (χ1n) is 6.15. The number of hydrogen-bond donors (Lipinski definition) is 1. The zero-order chi connectivity index (χ0) is 13.3. The summed E-state index contributed by atoms with van der Waals surface area (Å²) < 4.78 is 5.88. The quantitative estimate of drug-likeness (QED) is 0.851. The van der Waals surface area contributed by atoms with Gasteiger partial charge in [0, 0.05) is 5.39 Å². The van der Waals surface area contributed by atoms with Crippen LogP contribution in [0.1, 0.15) is 32.6 Å². The third-order valence-corrected chi connectivity index (χ3v) is 3.63. The van der Waals surface area contributed by atoms with Crippen molar-refractivity contribution in [2.24, 2.45) is 5.92 Å². The Morgan fingerprint density at radius 1 is 1.22 bits per heavy atom. The minimum Gasteiger partial charge on any atom is -0.458 e. The molecule has 18 heavy (non-hydrogen) atoms. The van der Waals surface area contributed by atoms with E-state index in [0.717, 1.165) is 17.7 Å². The third-order valence-electron chi connectivity index (χ3n) is 3.00. The molecule has 0 aliphatic heterocycles. The molecule has 1 unspecified atom stereocenters. The largest absolute Gasteiger partial charge is 0.458 e. The lowest BCUT2D eigenvalue weighted by atomic mass is 10.0. The molecule has 0 aliphatic rings. The van der Waals surface area contributed by atoms with E-state index >= 15 is 0 Å². The summed E-state index contributed by atoms with van der Waals surface area (Å²) in [5.74, 6) is 1.32. The first-order chi connectivity index (χ1) is 8.54.